The van der Waals surface area contributed by atoms with Crippen molar-refractivity contribution >= 4 is 45.2 Å². The Balaban J connectivity index is 3.15. The molecule has 0 aliphatic carbocycles. The van der Waals surface area contributed by atoms with Gasteiger partial charge in [-0.05, 0) is 24.3 Å². The number of aliphatic imine (C=N–C) groups is 1. The van der Waals surface area contributed by atoms with Crippen LogP contribution in [-0.4, -0.2) is 59.5 Å². The van der Waals surface area contributed by atoms with E-state index in [0.717, 1.165) is 12.2 Å². The van der Waals surface area contributed by atoms with Gasteiger partial charge in [-0.1, -0.05) is 6.92 Å². The average Bonchev–Trinajstić information content (AvgIpc) is 2.56. The third-order valence-corrected chi connectivity index (χ3v) is 5.02. The Morgan fingerprint density at radius 1 is 1.44 bits per heavy atom. The van der Waals surface area contributed by atoms with Crippen LogP contribution in [0, 0.1) is 10.1 Å². The van der Waals surface area contributed by atoms with Crippen molar-refractivity contribution in [1.82, 2.24) is 0 Å². The molecule has 1 aromatic rings. The van der Waals surface area contributed by atoms with Gasteiger partial charge in [0.1, 0.15) is 11.5 Å². The Morgan fingerprint density at radius 2 is 2.11 bits per heavy atom. The van der Waals surface area contributed by atoms with Crippen molar-refractivity contribution in [3.05, 3.63) is 28.3 Å². The van der Waals surface area contributed by atoms with Crippen molar-refractivity contribution in [3.63, 3.8) is 0 Å². The van der Waals surface area contributed by atoms with Gasteiger partial charge in [0, 0.05) is 11.0 Å². The summed E-state index contributed by atoms with van der Waals surface area (Å²) in [6.07, 6.45) is -0.615. The van der Waals surface area contributed by atoms with Crippen LogP contribution in [0.25, 0.3) is 0 Å². The summed E-state index contributed by atoms with van der Waals surface area (Å²) in [6.45, 7) is 1.10. The van der Waals surface area contributed by atoms with E-state index in [0.29, 0.717) is 9.80 Å². The highest BCUT2D eigenvalue weighted by molar-refractivity contribution is 7.99. The van der Waals surface area contributed by atoms with Crippen LogP contribution in [-0.2, 0) is 10.1 Å². The Bertz CT molecular complexity index is 827. The first-order chi connectivity index (χ1) is 12.5. The summed E-state index contributed by atoms with van der Waals surface area (Å²) in [5.74, 6) is -0.171. The number of benzene rings is 1. The number of amidine groups is 1. The lowest BCUT2D eigenvalue weighted by Gasteiger charge is -2.19. The molecule has 0 fully saturated rings. The number of rotatable bonds is 10. The lowest BCUT2D eigenvalue weighted by atomic mass is 10.2. The molecule has 0 aliphatic heterocycles. The first-order valence-corrected chi connectivity index (χ1v) is 10.3. The van der Waals surface area contributed by atoms with Crippen LogP contribution in [0.3, 0.4) is 0 Å². The van der Waals surface area contributed by atoms with Crippen molar-refractivity contribution < 1.29 is 27.8 Å². The second-order valence-corrected chi connectivity index (χ2v) is 8.02. The number of nitrogens with two attached hydrogens (primary N) is 1. The van der Waals surface area contributed by atoms with Gasteiger partial charge in [-0.15, -0.1) is 11.8 Å². The maximum absolute atomic E-state index is 11.6. The van der Waals surface area contributed by atoms with Gasteiger partial charge in [-0.25, -0.2) is 4.79 Å². The van der Waals surface area contributed by atoms with Crippen LogP contribution < -0.4 is 10.6 Å². The van der Waals surface area contributed by atoms with Crippen molar-refractivity contribution in [1.29, 1.82) is 0 Å². The van der Waals surface area contributed by atoms with Gasteiger partial charge >= 0.3 is 6.09 Å². The maximum Gasteiger partial charge on any atom is 0.412 e. The molecule has 1 aromatic carbocycles. The molecule has 0 heterocycles. The van der Waals surface area contributed by atoms with E-state index in [1.54, 1.807) is 0 Å². The maximum atomic E-state index is 11.6. The molecular weight excluding hydrogens is 400 g/mol. The van der Waals surface area contributed by atoms with E-state index >= 15 is 0 Å². The van der Waals surface area contributed by atoms with Gasteiger partial charge in [0.05, 0.1) is 23.8 Å². The highest BCUT2D eigenvalue weighted by atomic mass is 32.2. The second kappa shape index (κ2) is 10.1. The molecule has 0 spiro atoms. The van der Waals surface area contributed by atoms with Crippen LogP contribution >= 0.6 is 11.8 Å². The zero-order chi connectivity index (χ0) is 20.6. The number of nitro groups is 1. The van der Waals surface area contributed by atoms with Gasteiger partial charge in [-0.3, -0.25) is 24.6 Å². The zero-order valence-electron chi connectivity index (χ0n) is 14.4. The fourth-order valence-electron chi connectivity index (χ4n) is 1.96. The number of amides is 1. The quantitative estimate of drug-likeness (QED) is 0.127. The zero-order valence-corrected chi connectivity index (χ0v) is 16.1. The smallest absolute Gasteiger partial charge is 0.412 e. The molecule has 11 nitrogen and oxygen atoms in total. The minimum absolute atomic E-state index is 0.165. The Morgan fingerprint density at radius 3 is 2.63 bits per heavy atom. The molecular formula is C14H20N4O7S2. The highest BCUT2D eigenvalue weighted by Gasteiger charge is 2.25. The van der Waals surface area contributed by atoms with Gasteiger partial charge < -0.3 is 10.8 Å². The molecule has 27 heavy (non-hydrogen) atoms. The van der Waals surface area contributed by atoms with Crippen molar-refractivity contribution in [2.24, 2.45) is 10.7 Å². The molecule has 4 N–H and O–H groups in total. The van der Waals surface area contributed by atoms with E-state index in [-0.39, 0.29) is 18.1 Å². The van der Waals surface area contributed by atoms with Gasteiger partial charge in [0.15, 0.2) is 0 Å². The van der Waals surface area contributed by atoms with Crippen LogP contribution in [0.4, 0.5) is 16.2 Å². The summed E-state index contributed by atoms with van der Waals surface area (Å²) >= 11 is 1.42. The van der Waals surface area contributed by atoms with Crippen LogP contribution in [0.1, 0.15) is 13.3 Å². The van der Waals surface area contributed by atoms with E-state index in [2.05, 4.69) is 4.99 Å². The van der Waals surface area contributed by atoms with Crippen LogP contribution in [0.5, 0.6) is 0 Å². The largest absolute Gasteiger partial charge is 0.465 e. The monoisotopic (exact) mass is 420 g/mol. The molecule has 0 saturated heterocycles. The lowest BCUT2D eigenvalue weighted by molar-refractivity contribution is -0.384. The number of nitrogens with zero attached hydrogens (tertiary/aromatic N) is 3. The summed E-state index contributed by atoms with van der Waals surface area (Å²) < 4.78 is 30.0. The summed E-state index contributed by atoms with van der Waals surface area (Å²) in [5.41, 5.74) is 5.04. The summed E-state index contributed by atoms with van der Waals surface area (Å²) in [4.78, 5) is 27.2. The fraction of sp³-hybridized carbons (Fsp3) is 0.429. The molecule has 0 saturated carbocycles. The Kier molecular flexibility index (Phi) is 8.46. The fourth-order valence-corrected chi connectivity index (χ4v) is 3.08. The first kappa shape index (κ1) is 22.7. The van der Waals surface area contributed by atoms with Crippen molar-refractivity contribution in [2.75, 3.05) is 29.5 Å². The first-order valence-electron chi connectivity index (χ1n) is 7.70. The molecule has 13 heteroatoms. The Labute approximate surface area is 160 Å². The SMILES string of the molecule is CCCSc1ccc([N+](=O)[O-])c(N(CC(N)=NCCS(=O)(=O)O)C(=O)O)c1. The Hall–Kier alpha value is -2.38. The topological polar surface area (TPSA) is 176 Å². The van der Waals surface area contributed by atoms with E-state index in [9.17, 15) is 28.4 Å². The molecule has 1 rings (SSSR count). The number of hydrogen-bond donors (Lipinski definition) is 3. The van der Waals surface area contributed by atoms with Crippen molar-refractivity contribution in [2.45, 2.75) is 18.2 Å². The van der Waals surface area contributed by atoms with E-state index in [1.165, 1.54) is 30.0 Å². The third-order valence-electron chi connectivity index (χ3n) is 3.12. The normalized spacial score (nSPS) is 12.0. The van der Waals surface area contributed by atoms with E-state index in [4.69, 9.17) is 10.3 Å². The molecule has 0 aromatic heterocycles. The molecule has 1 amide bonds. The molecule has 0 aliphatic rings. The van der Waals surface area contributed by atoms with Crippen LogP contribution in [0.15, 0.2) is 28.1 Å². The van der Waals surface area contributed by atoms with E-state index < -0.39 is 39.1 Å². The van der Waals surface area contributed by atoms with E-state index in [1.807, 2.05) is 6.92 Å². The van der Waals surface area contributed by atoms with Crippen molar-refractivity contribution in [3.8, 4) is 0 Å². The average molecular weight is 420 g/mol. The summed E-state index contributed by atoms with van der Waals surface area (Å²) in [6, 6.07) is 4.14. The summed E-state index contributed by atoms with van der Waals surface area (Å²) in [7, 11) is -4.23. The van der Waals surface area contributed by atoms with Crippen LogP contribution in [0.2, 0.25) is 0 Å². The van der Waals surface area contributed by atoms with Gasteiger partial charge in [-0.2, -0.15) is 8.42 Å². The number of anilines is 1. The summed E-state index contributed by atoms with van der Waals surface area (Å²) in [5, 5.41) is 20.7. The molecule has 0 unspecified atom stereocenters. The predicted molar refractivity (Wildman–Crippen MR) is 102 cm³/mol. The number of thioether (sulfide) groups is 1. The predicted octanol–water partition coefficient (Wildman–Crippen LogP) is 1.83. The minimum atomic E-state index is -4.23. The van der Waals surface area contributed by atoms with Gasteiger partial charge in [0.25, 0.3) is 15.8 Å². The number of nitro benzene ring substituents is 1. The number of hydrogen-bond acceptors (Lipinski definition) is 7. The molecule has 150 valence electrons. The number of carboxylic acid groups (broad SMARTS) is 1. The third kappa shape index (κ3) is 7.80. The standard InChI is InChI=1S/C14H20N4O7S2/c1-2-6-26-10-3-4-11(18(21)22)12(8-10)17(14(19)20)9-13(15)16-5-7-27(23,24)25/h3-4,8H,2,5-7,9H2,1H3,(H2,15,16)(H,19,20)(H,23,24,25). The minimum Gasteiger partial charge on any atom is -0.465 e. The molecule has 0 atom stereocenters. The number of carbonyl (C=O) groups is 1. The second-order valence-electron chi connectivity index (χ2n) is 5.28. The van der Waals surface area contributed by atoms with Gasteiger partial charge in [0.2, 0.25) is 0 Å². The lowest BCUT2D eigenvalue weighted by Crippen LogP contribution is -2.38. The highest BCUT2D eigenvalue weighted by Crippen LogP contribution is 2.33. The molecule has 0 bridgehead atoms. The molecule has 0 radical (unpaired) electrons.